The Morgan fingerprint density at radius 1 is 1.38 bits per heavy atom. The first-order valence-electron chi connectivity index (χ1n) is 7.35. The average molecular weight is 289 g/mol. The van der Waals surface area contributed by atoms with Crippen LogP contribution in [0.15, 0.2) is 30.3 Å². The third-order valence-corrected chi connectivity index (χ3v) is 4.13. The van der Waals surface area contributed by atoms with Gasteiger partial charge < -0.3 is 15.2 Å². The lowest BCUT2D eigenvalue weighted by atomic mass is 9.98. The average Bonchev–Trinajstić information content (AvgIpc) is 2.96. The molecule has 1 fully saturated rings. The van der Waals surface area contributed by atoms with Gasteiger partial charge in [0.2, 0.25) is 5.91 Å². The summed E-state index contributed by atoms with van der Waals surface area (Å²) < 4.78 is 5.31. The Kier molecular flexibility index (Phi) is 5.02. The molecule has 114 valence electrons. The second-order valence-electron chi connectivity index (χ2n) is 5.66. The summed E-state index contributed by atoms with van der Waals surface area (Å²) in [5, 5.41) is 12.5. The summed E-state index contributed by atoms with van der Waals surface area (Å²) in [5.41, 5.74) is 1.31. The number of aliphatic hydroxyl groups excluding tert-OH is 1. The summed E-state index contributed by atoms with van der Waals surface area (Å²) in [4.78, 5) is 12.2. The first kappa shape index (κ1) is 15.6. The molecule has 0 aliphatic heterocycles. The van der Waals surface area contributed by atoms with E-state index in [0.717, 1.165) is 42.6 Å². The number of hydrogen-bond donors (Lipinski definition) is 2. The highest BCUT2D eigenvalue weighted by molar-refractivity contribution is 5.95. The summed E-state index contributed by atoms with van der Waals surface area (Å²) in [6, 6.07) is 7.61. The van der Waals surface area contributed by atoms with Crippen LogP contribution in [0.4, 0.5) is 0 Å². The number of carbonyl (C=O) groups is 1. The van der Waals surface area contributed by atoms with Crippen LogP contribution in [0.3, 0.4) is 0 Å². The highest BCUT2D eigenvalue weighted by atomic mass is 16.5. The van der Waals surface area contributed by atoms with E-state index in [1.54, 1.807) is 13.2 Å². The van der Waals surface area contributed by atoms with E-state index in [2.05, 4.69) is 5.32 Å². The minimum Gasteiger partial charge on any atom is -0.496 e. The third kappa shape index (κ3) is 3.64. The molecule has 1 aliphatic rings. The number of methoxy groups -OCH3 is 1. The lowest BCUT2D eigenvalue weighted by Crippen LogP contribution is -2.48. The van der Waals surface area contributed by atoms with Crippen molar-refractivity contribution in [2.75, 3.05) is 13.7 Å². The van der Waals surface area contributed by atoms with E-state index in [-0.39, 0.29) is 12.5 Å². The zero-order valence-corrected chi connectivity index (χ0v) is 12.7. The monoisotopic (exact) mass is 289 g/mol. The molecule has 1 saturated carbocycles. The first-order valence-corrected chi connectivity index (χ1v) is 7.35. The summed E-state index contributed by atoms with van der Waals surface area (Å²) in [5.74, 6) is 0.589. The minimum absolute atomic E-state index is 0.000283. The van der Waals surface area contributed by atoms with Crippen molar-refractivity contribution in [3.05, 3.63) is 35.9 Å². The molecule has 21 heavy (non-hydrogen) atoms. The molecule has 1 aromatic rings. The molecular formula is C17H23NO3. The van der Waals surface area contributed by atoms with Crippen molar-refractivity contribution in [2.45, 2.75) is 38.1 Å². The molecular weight excluding hydrogens is 266 g/mol. The lowest BCUT2D eigenvalue weighted by Gasteiger charge is -2.27. The predicted molar refractivity (Wildman–Crippen MR) is 83.1 cm³/mol. The molecule has 0 spiro atoms. The number of nitrogens with one attached hydrogen (secondary N) is 1. The second kappa shape index (κ2) is 6.76. The highest BCUT2D eigenvalue weighted by Gasteiger charge is 2.34. The number of amides is 1. The van der Waals surface area contributed by atoms with Crippen LogP contribution in [0.25, 0.3) is 5.57 Å². The standard InChI is InChI=1S/C17H23NO3/c1-13(14-7-3-4-8-15(14)21-2)11-16(20)18-17(12-19)9-5-6-10-17/h3-4,7-8,11,19H,5-6,9-10,12H2,1-2H3,(H,18,20)/b13-11+. The van der Waals surface area contributed by atoms with Crippen LogP contribution in [0, 0.1) is 0 Å². The molecule has 0 bridgehead atoms. The van der Waals surface area contributed by atoms with Crippen molar-refractivity contribution < 1.29 is 14.6 Å². The van der Waals surface area contributed by atoms with Gasteiger partial charge in [0.25, 0.3) is 0 Å². The van der Waals surface area contributed by atoms with Gasteiger partial charge >= 0.3 is 0 Å². The molecule has 0 saturated heterocycles. The maximum atomic E-state index is 12.2. The first-order chi connectivity index (χ1) is 10.1. The van der Waals surface area contributed by atoms with Crippen LogP contribution in [0.5, 0.6) is 5.75 Å². The van der Waals surface area contributed by atoms with E-state index < -0.39 is 5.54 Å². The van der Waals surface area contributed by atoms with Crippen LogP contribution in [-0.2, 0) is 4.79 Å². The second-order valence-corrected chi connectivity index (χ2v) is 5.66. The smallest absolute Gasteiger partial charge is 0.244 e. The molecule has 0 aromatic heterocycles. The van der Waals surface area contributed by atoms with E-state index in [0.29, 0.717) is 0 Å². The number of hydrogen-bond acceptors (Lipinski definition) is 3. The van der Waals surface area contributed by atoms with Crippen molar-refractivity contribution in [3.8, 4) is 5.75 Å². The minimum atomic E-state index is -0.436. The normalized spacial score (nSPS) is 17.6. The molecule has 1 aliphatic carbocycles. The van der Waals surface area contributed by atoms with E-state index in [1.165, 1.54) is 0 Å². The van der Waals surface area contributed by atoms with E-state index >= 15 is 0 Å². The Hall–Kier alpha value is -1.81. The van der Waals surface area contributed by atoms with Crippen LogP contribution in [0.1, 0.15) is 38.2 Å². The third-order valence-electron chi connectivity index (χ3n) is 4.13. The summed E-state index contributed by atoms with van der Waals surface area (Å²) in [6.07, 6.45) is 5.37. The Bertz CT molecular complexity index is 531. The number of rotatable bonds is 5. The maximum Gasteiger partial charge on any atom is 0.244 e. The predicted octanol–water partition coefficient (Wildman–Crippen LogP) is 2.52. The molecule has 4 nitrogen and oxygen atoms in total. The number of benzene rings is 1. The molecule has 0 atom stereocenters. The van der Waals surface area contributed by atoms with Crippen molar-refractivity contribution in [1.82, 2.24) is 5.32 Å². The van der Waals surface area contributed by atoms with Gasteiger partial charge in [0.05, 0.1) is 19.3 Å². The topological polar surface area (TPSA) is 58.6 Å². The Balaban J connectivity index is 2.13. The van der Waals surface area contributed by atoms with Crippen molar-refractivity contribution in [2.24, 2.45) is 0 Å². The Morgan fingerprint density at radius 2 is 2.05 bits per heavy atom. The zero-order chi connectivity index (χ0) is 15.3. The van der Waals surface area contributed by atoms with Crippen molar-refractivity contribution in [3.63, 3.8) is 0 Å². The number of allylic oxidation sites excluding steroid dienone is 1. The van der Waals surface area contributed by atoms with Crippen molar-refractivity contribution >= 4 is 11.5 Å². The molecule has 4 heteroatoms. The molecule has 0 radical (unpaired) electrons. The van der Waals surface area contributed by atoms with Gasteiger partial charge in [-0.25, -0.2) is 0 Å². The molecule has 1 amide bonds. The Labute approximate surface area is 125 Å². The van der Waals surface area contributed by atoms with Gasteiger partial charge in [-0.05, 0) is 31.4 Å². The van der Waals surface area contributed by atoms with Gasteiger partial charge in [-0.2, -0.15) is 0 Å². The number of ether oxygens (including phenoxy) is 1. The SMILES string of the molecule is COc1ccccc1/C(C)=C/C(=O)NC1(CO)CCCC1. The van der Waals surface area contributed by atoms with Gasteiger partial charge in [0.1, 0.15) is 5.75 Å². The molecule has 2 rings (SSSR count). The van der Waals surface area contributed by atoms with E-state index in [9.17, 15) is 9.90 Å². The number of aliphatic hydroxyl groups is 1. The summed E-state index contributed by atoms with van der Waals surface area (Å²) in [7, 11) is 1.62. The van der Waals surface area contributed by atoms with Gasteiger partial charge in [0.15, 0.2) is 0 Å². The highest BCUT2D eigenvalue weighted by Crippen LogP contribution is 2.29. The van der Waals surface area contributed by atoms with Gasteiger partial charge in [-0.1, -0.05) is 31.0 Å². The summed E-state index contributed by atoms with van der Waals surface area (Å²) in [6.45, 7) is 1.89. The van der Waals surface area contributed by atoms with Gasteiger partial charge in [0, 0.05) is 11.6 Å². The fraction of sp³-hybridized carbons (Fsp3) is 0.471. The molecule has 0 heterocycles. The van der Waals surface area contributed by atoms with E-state index in [4.69, 9.17) is 4.74 Å². The Morgan fingerprint density at radius 3 is 2.67 bits per heavy atom. The lowest BCUT2D eigenvalue weighted by molar-refractivity contribution is -0.118. The maximum absolute atomic E-state index is 12.2. The fourth-order valence-electron chi connectivity index (χ4n) is 2.92. The quantitative estimate of drug-likeness (QED) is 0.819. The van der Waals surface area contributed by atoms with Gasteiger partial charge in [-0.15, -0.1) is 0 Å². The number of carbonyl (C=O) groups excluding carboxylic acids is 1. The van der Waals surface area contributed by atoms with Crippen molar-refractivity contribution in [1.29, 1.82) is 0 Å². The van der Waals surface area contributed by atoms with Crippen LogP contribution < -0.4 is 10.1 Å². The van der Waals surface area contributed by atoms with E-state index in [1.807, 2.05) is 31.2 Å². The van der Waals surface area contributed by atoms with Gasteiger partial charge in [-0.3, -0.25) is 4.79 Å². The van der Waals surface area contributed by atoms with Crippen LogP contribution in [-0.4, -0.2) is 30.3 Å². The van der Waals surface area contributed by atoms with Crippen LogP contribution >= 0.6 is 0 Å². The summed E-state index contributed by atoms with van der Waals surface area (Å²) >= 11 is 0. The fourth-order valence-corrected chi connectivity index (χ4v) is 2.92. The molecule has 0 unspecified atom stereocenters. The number of para-hydroxylation sites is 1. The largest absolute Gasteiger partial charge is 0.496 e. The molecule has 1 aromatic carbocycles. The molecule has 2 N–H and O–H groups in total. The van der Waals surface area contributed by atoms with Crippen LogP contribution in [0.2, 0.25) is 0 Å². The zero-order valence-electron chi connectivity index (χ0n) is 12.7.